The molecule has 0 N–H and O–H groups in total. The summed E-state index contributed by atoms with van der Waals surface area (Å²) in [7, 11) is 1.48. The number of pyridine rings is 1. The van der Waals surface area contributed by atoms with Gasteiger partial charge in [0.2, 0.25) is 5.91 Å². The van der Waals surface area contributed by atoms with Gasteiger partial charge in [0, 0.05) is 37.0 Å². The summed E-state index contributed by atoms with van der Waals surface area (Å²) in [6, 6.07) is 5.47. The van der Waals surface area contributed by atoms with Crippen molar-refractivity contribution in [2.75, 3.05) is 33.3 Å². The molecular formula is C23H27F4N3O3. The van der Waals surface area contributed by atoms with Crippen LogP contribution in [0.1, 0.15) is 31.9 Å². The second-order valence-electron chi connectivity index (χ2n) is 8.71. The lowest BCUT2D eigenvalue weighted by Gasteiger charge is -2.33. The minimum atomic E-state index is -4.60. The van der Waals surface area contributed by atoms with E-state index in [9.17, 15) is 22.4 Å². The van der Waals surface area contributed by atoms with Crippen LogP contribution in [0.4, 0.5) is 17.6 Å². The predicted octanol–water partition coefficient (Wildman–Crippen LogP) is 4.06. The molecule has 33 heavy (non-hydrogen) atoms. The number of likely N-dealkylation sites (tertiary alicyclic amines) is 2. The third kappa shape index (κ3) is 5.31. The Morgan fingerprint density at radius 2 is 1.94 bits per heavy atom. The maximum Gasteiger partial charge on any atom is 0.433 e. The molecule has 0 radical (unpaired) electrons. The van der Waals surface area contributed by atoms with E-state index in [1.54, 1.807) is 17.0 Å². The van der Waals surface area contributed by atoms with Gasteiger partial charge in [0.25, 0.3) is 0 Å². The van der Waals surface area contributed by atoms with Gasteiger partial charge in [0.1, 0.15) is 29.5 Å². The molecule has 3 heterocycles. The molecule has 6 nitrogen and oxygen atoms in total. The van der Waals surface area contributed by atoms with Crippen molar-refractivity contribution in [3.8, 4) is 11.5 Å². The molecule has 2 aliphatic rings. The Bertz CT molecular complexity index is 1010. The van der Waals surface area contributed by atoms with Gasteiger partial charge in [-0.15, -0.1) is 0 Å². The Hall–Kier alpha value is -2.62. The molecule has 2 aliphatic heterocycles. The number of aromatic nitrogens is 1. The molecule has 2 atom stereocenters. The van der Waals surface area contributed by atoms with Crippen LogP contribution >= 0.6 is 0 Å². The summed E-state index contributed by atoms with van der Waals surface area (Å²) in [5.74, 6) is 0.513. The van der Waals surface area contributed by atoms with Crippen LogP contribution in [-0.2, 0) is 11.0 Å². The third-order valence-electron chi connectivity index (χ3n) is 6.30. The number of ether oxygens (including phenoxy) is 2. The van der Waals surface area contributed by atoms with E-state index in [4.69, 9.17) is 9.47 Å². The molecule has 4 rings (SSSR count). The number of alkyl halides is 4. The number of halogens is 4. The average molecular weight is 469 g/mol. The van der Waals surface area contributed by atoms with Crippen LogP contribution in [0.2, 0.25) is 0 Å². The number of benzene rings is 1. The van der Waals surface area contributed by atoms with Crippen LogP contribution in [0.15, 0.2) is 24.3 Å². The molecule has 2 saturated heterocycles. The van der Waals surface area contributed by atoms with E-state index in [0.717, 1.165) is 6.07 Å². The first kappa shape index (κ1) is 23.5. The first-order valence-electron chi connectivity index (χ1n) is 11.0. The number of amides is 1. The summed E-state index contributed by atoms with van der Waals surface area (Å²) in [6.07, 6.45) is -4.38. The number of fused-ring (bicyclic) bond motifs is 1. The fraction of sp³-hybridized carbons (Fsp3) is 0.565. The normalized spacial score (nSPS) is 22.7. The summed E-state index contributed by atoms with van der Waals surface area (Å²) in [4.78, 5) is 19.8. The molecular weight excluding hydrogens is 442 g/mol. The predicted molar refractivity (Wildman–Crippen MR) is 114 cm³/mol. The van der Waals surface area contributed by atoms with Crippen molar-refractivity contribution in [3.05, 3.63) is 30.0 Å². The van der Waals surface area contributed by atoms with Crippen LogP contribution < -0.4 is 9.47 Å². The fourth-order valence-electron chi connectivity index (χ4n) is 4.50. The lowest BCUT2D eigenvalue weighted by atomic mass is 10.1. The summed E-state index contributed by atoms with van der Waals surface area (Å²) < 4.78 is 64.9. The topological polar surface area (TPSA) is 54.9 Å². The molecule has 0 saturated carbocycles. The highest BCUT2D eigenvalue weighted by molar-refractivity contribution is 5.86. The van der Waals surface area contributed by atoms with Gasteiger partial charge in [-0.2, -0.15) is 13.2 Å². The number of carbonyl (C=O) groups excluding carboxylic acids is 1. The van der Waals surface area contributed by atoms with E-state index in [2.05, 4.69) is 4.98 Å². The molecule has 0 aliphatic carbocycles. The van der Waals surface area contributed by atoms with Crippen molar-refractivity contribution in [1.29, 1.82) is 0 Å². The monoisotopic (exact) mass is 469 g/mol. The minimum Gasteiger partial charge on any atom is -0.497 e. The Morgan fingerprint density at radius 3 is 2.55 bits per heavy atom. The Balaban J connectivity index is 1.43. The maximum absolute atomic E-state index is 13.6. The van der Waals surface area contributed by atoms with E-state index < -0.39 is 18.0 Å². The number of nitrogens with zero attached hydrogens (tertiary/aromatic N) is 3. The zero-order valence-electron chi connectivity index (χ0n) is 18.6. The van der Waals surface area contributed by atoms with Crippen molar-refractivity contribution in [1.82, 2.24) is 14.8 Å². The number of methoxy groups -OCH3 is 1. The van der Waals surface area contributed by atoms with Gasteiger partial charge in [-0.1, -0.05) is 0 Å². The minimum absolute atomic E-state index is 0.0935. The van der Waals surface area contributed by atoms with Gasteiger partial charge in [-0.05, 0) is 38.0 Å². The maximum atomic E-state index is 13.6. The molecule has 1 aromatic carbocycles. The van der Waals surface area contributed by atoms with Crippen molar-refractivity contribution >= 4 is 16.8 Å². The molecule has 180 valence electrons. The molecule has 0 bridgehead atoms. The molecule has 10 heteroatoms. The van der Waals surface area contributed by atoms with E-state index in [0.29, 0.717) is 43.5 Å². The van der Waals surface area contributed by atoms with E-state index in [-0.39, 0.29) is 42.4 Å². The van der Waals surface area contributed by atoms with Gasteiger partial charge in [0.05, 0.1) is 25.7 Å². The SMILES string of the molecule is COc1ccc2nc(C(F)(F)F)cc(OC3CCN(CC(=O)N4C[C@@H](F)C[C@H]4C)CC3)c2c1. The van der Waals surface area contributed by atoms with Crippen LogP contribution in [0, 0.1) is 0 Å². The van der Waals surface area contributed by atoms with Crippen molar-refractivity contribution in [2.45, 2.75) is 50.7 Å². The largest absolute Gasteiger partial charge is 0.497 e. The highest BCUT2D eigenvalue weighted by Crippen LogP contribution is 2.36. The van der Waals surface area contributed by atoms with Gasteiger partial charge < -0.3 is 14.4 Å². The summed E-state index contributed by atoms with van der Waals surface area (Å²) in [6.45, 7) is 3.32. The van der Waals surface area contributed by atoms with Crippen molar-refractivity contribution in [3.63, 3.8) is 0 Å². The van der Waals surface area contributed by atoms with Crippen LogP contribution in [-0.4, -0.2) is 72.3 Å². The number of hydrogen-bond acceptors (Lipinski definition) is 5. The molecule has 0 unspecified atom stereocenters. The first-order chi connectivity index (χ1) is 15.6. The van der Waals surface area contributed by atoms with Gasteiger partial charge in [-0.25, -0.2) is 9.37 Å². The zero-order valence-corrected chi connectivity index (χ0v) is 18.6. The molecule has 1 amide bonds. The van der Waals surface area contributed by atoms with Crippen molar-refractivity contribution < 1.29 is 31.8 Å². The van der Waals surface area contributed by atoms with E-state index >= 15 is 0 Å². The summed E-state index contributed by atoms with van der Waals surface area (Å²) >= 11 is 0. The molecule has 2 fully saturated rings. The third-order valence-corrected chi connectivity index (χ3v) is 6.30. The Labute approximate surface area is 189 Å². The molecule has 0 spiro atoms. The van der Waals surface area contributed by atoms with Crippen LogP contribution in [0.25, 0.3) is 10.9 Å². The Kier molecular flexibility index (Phi) is 6.65. The lowest BCUT2D eigenvalue weighted by Crippen LogP contribution is -2.46. The molecule has 1 aromatic heterocycles. The smallest absolute Gasteiger partial charge is 0.433 e. The first-order valence-corrected chi connectivity index (χ1v) is 11.0. The highest BCUT2D eigenvalue weighted by atomic mass is 19.4. The fourth-order valence-corrected chi connectivity index (χ4v) is 4.50. The summed E-state index contributed by atoms with van der Waals surface area (Å²) in [5.41, 5.74) is -0.835. The standard InChI is InChI=1S/C23H27F4N3O3/c1-14-9-15(24)12-30(14)22(31)13-29-7-5-16(6-8-29)33-20-11-21(23(25,26)27)28-19-4-3-17(32-2)10-18(19)20/h3-4,10-11,14-16H,5-9,12-13H2,1-2H3/t14-,15+/m1/s1. The molecule has 2 aromatic rings. The Morgan fingerprint density at radius 1 is 1.21 bits per heavy atom. The summed E-state index contributed by atoms with van der Waals surface area (Å²) in [5, 5.41) is 0.448. The lowest BCUT2D eigenvalue weighted by molar-refractivity contribution is -0.141. The number of hydrogen-bond donors (Lipinski definition) is 0. The van der Waals surface area contributed by atoms with Gasteiger partial charge >= 0.3 is 6.18 Å². The van der Waals surface area contributed by atoms with E-state index in [1.807, 2.05) is 11.8 Å². The van der Waals surface area contributed by atoms with Crippen molar-refractivity contribution in [2.24, 2.45) is 0 Å². The van der Waals surface area contributed by atoms with E-state index in [1.165, 1.54) is 13.2 Å². The number of piperidine rings is 1. The number of carbonyl (C=O) groups is 1. The van der Waals surface area contributed by atoms with Crippen LogP contribution in [0.5, 0.6) is 11.5 Å². The average Bonchev–Trinajstić information content (AvgIpc) is 3.12. The second-order valence-corrected chi connectivity index (χ2v) is 8.71. The second kappa shape index (κ2) is 9.32. The zero-order chi connectivity index (χ0) is 23.8. The van der Waals surface area contributed by atoms with Gasteiger partial charge in [-0.3, -0.25) is 9.69 Å². The highest BCUT2D eigenvalue weighted by Gasteiger charge is 2.35. The quantitative estimate of drug-likeness (QED) is 0.619. The van der Waals surface area contributed by atoms with Gasteiger partial charge in [0.15, 0.2) is 0 Å². The number of rotatable bonds is 5. The van der Waals surface area contributed by atoms with Crippen LogP contribution in [0.3, 0.4) is 0 Å².